The van der Waals surface area contributed by atoms with Gasteiger partial charge in [0.15, 0.2) is 0 Å². The molecule has 2 aliphatic heterocycles. The van der Waals surface area contributed by atoms with Crippen LogP contribution < -0.4 is 19.7 Å². The average Bonchev–Trinajstić information content (AvgIpc) is 3.82. The summed E-state index contributed by atoms with van der Waals surface area (Å²) in [5, 5.41) is 23.5. The fraction of sp³-hybridized carbons (Fsp3) is 0.259. The van der Waals surface area contributed by atoms with Gasteiger partial charge in [-0.05, 0) is 107 Å². The van der Waals surface area contributed by atoms with Crippen LogP contribution in [-0.4, -0.2) is 53.5 Å². The Morgan fingerprint density at radius 1 is 0.864 bits per heavy atom. The summed E-state index contributed by atoms with van der Waals surface area (Å²) in [7, 11) is 1.73. The number of hydrogen-bond acceptors (Lipinski definition) is 7. The molecular weight excluding hydrogens is 872 g/mol. The van der Waals surface area contributed by atoms with Crippen molar-refractivity contribution < 1.29 is 29.0 Å². The molecule has 2 heterocycles. The lowest BCUT2D eigenvalue weighted by Gasteiger charge is -2.43. The molecule has 6 aromatic carbocycles. The third kappa shape index (κ3) is 9.38. The highest BCUT2D eigenvalue weighted by Crippen LogP contribution is 2.45. The molecule has 334 valence electrons. The maximum atomic E-state index is 14.6. The molecular formula is C54H48Cl2N4O6. The molecule has 3 aliphatic rings. The number of aliphatic carboxylic acids is 1. The number of carboxylic acids is 1. The van der Waals surface area contributed by atoms with Gasteiger partial charge in [0.05, 0.1) is 33.4 Å². The fourth-order valence-electron chi connectivity index (χ4n) is 9.70. The number of amides is 2. The number of rotatable bonds is 13. The zero-order valence-electron chi connectivity index (χ0n) is 36.4. The van der Waals surface area contributed by atoms with Crippen molar-refractivity contribution in [3.8, 4) is 28.7 Å². The SMILES string of the molecule is CN1C(=O)C(c2ccc(OCc3ccc(Cl)c(Cl)c3)cc2)Oc2cc3c(cc21)C[C@@H](C(=O)N[C@@H](Cc1ccc(-c2ccc(C#N)cc2)cc1)C(=O)O)N(CC1(c2ccccc2)CCCC1)C3. The number of nitrogens with zero attached hydrogens (tertiary/aromatic N) is 3. The van der Waals surface area contributed by atoms with Gasteiger partial charge in [-0.3, -0.25) is 14.5 Å². The van der Waals surface area contributed by atoms with Gasteiger partial charge in [-0.2, -0.15) is 5.26 Å². The van der Waals surface area contributed by atoms with Crippen molar-refractivity contribution in [2.24, 2.45) is 0 Å². The first-order valence-electron chi connectivity index (χ1n) is 22.2. The molecule has 0 bridgehead atoms. The Labute approximate surface area is 394 Å². The average molecular weight is 920 g/mol. The van der Waals surface area contributed by atoms with Gasteiger partial charge in [0.25, 0.3) is 5.91 Å². The van der Waals surface area contributed by atoms with Gasteiger partial charge in [-0.1, -0.05) is 121 Å². The Bertz CT molecular complexity index is 2810. The number of ether oxygens (including phenoxy) is 2. The van der Waals surface area contributed by atoms with E-state index in [0.717, 1.165) is 59.1 Å². The Morgan fingerprint density at radius 3 is 2.21 bits per heavy atom. The van der Waals surface area contributed by atoms with Crippen molar-refractivity contribution in [3.05, 3.63) is 182 Å². The monoisotopic (exact) mass is 918 g/mol. The molecule has 1 fully saturated rings. The van der Waals surface area contributed by atoms with Gasteiger partial charge in [0, 0.05) is 37.5 Å². The first-order valence-corrected chi connectivity index (χ1v) is 22.9. The van der Waals surface area contributed by atoms with Crippen LogP contribution in [0.4, 0.5) is 5.69 Å². The number of carboxylic acid groups (broad SMARTS) is 1. The van der Waals surface area contributed by atoms with Crippen molar-refractivity contribution in [1.82, 2.24) is 10.2 Å². The van der Waals surface area contributed by atoms with Crippen LogP contribution in [0, 0.1) is 11.3 Å². The fourth-order valence-corrected chi connectivity index (χ4v) is 10.0. The number of halogens is 2. The molecule has 66 heavy (non-hydrogen) atoms. The third-order valence-corrected chi connectivity index (χ3v) is 14.1. The lowest BCUT2D eigenvalue weighted by molar-refractivity contribution is -0.143. The van der Waals surface area contributed by atoms with E-state index in [-0.39, 0.29) is 23.7 Å². The largest absolute Gasteiger partial charge is 0.489 e. The number of hydrogen-bond donors (Lipinski definition) is 2. The Hall–Kier alpha value is -6.64. The number of nitriles is 1. The lowest BCUT2D eigenvalue weighted by atomic mass is 9.77. The molecule has 2 N–H and O–H groups in total. The van der Waals surface area contributed by atoms with Gasteiger partial charge >= 0.3 is 5.97 Å². The predicted octanol–water partition coefficient (Wildman–Crippen LogP) is 10.3. The van der Waals surface area contributed by atoms with Crippen LogP contribution >= 0.6 is 23.2 Å². The van der Waals surface area contributed by atoms with Crippen LogP contribution in [0.3, 0.4) is 0 Å². The molecule has 2 amide bonds. The normalized spacial score (nSPS) is 18.0. The summed E-state index contributed by atoms with van der Waals surface area (Å²) >= 11 is 12.3. The third-order valence-electron chi connectivity index (χ3n) is 13.4. The highest BCUT2D eigenvalue weighted by Gasteiger charge is 2.43. The Kier molecular flexibility index (Phi) is 12.9. The summed E-state index contributed by atoms with van der Waals surface area (Å²) in [5.74, 6) is -0.525. The highest BCUT2D eigenvalue weighted by molar-refractivity contribution is 6.42. The van der Waals surface area contributed by atoms with Crippen LogP contribution in [0.15, 0.2) is 133 Å². The number of carbonyl (C=O) groups is 3. The minimum Gasteiger partial charge on any atom is -0.489 e. The van der Waals surface area contributed by atoms with Crippen LogP contribution in [0.5, 0.6) is 11.5 Å². The van der Waals surface area contributed by atoms with E-state index in [4.69, 9.17) is 32.7 Å². The number of benzene rings is 6. The number of nitrogens with one attached hydrogen (secondary N) is 1. The number of fused-ring (bicyclic) bond motifs is 2. The molecule has 0 aromatic heterocycles. The highest BCUT2D eigenvalue weighted by atomic mass is 35.5. The summed E-state index contributed by atoms with van der Waals surface area (Å²) in [6.45, 7) is 1.33. The van der Waals surface area contributed by atoms with Gasteiger partial charge in [0.2, 0.25) is 12.0 Å². The second kappa shape index (κ2) is 19.1. The summed E-state index contributed by atoms with van der Waals surface area (Å²) in [5.41, 5.74) is 8.31. The molecule has 10 nitrogen and oxygen atoms in total. The molecule has 1 unspecified atom stereocenters. The van der Waals surface area contributed by atoms with Crippen molar-refractivity contribution in [1.29, 1.82) is 5.26 Å². The Balaban J connectivity index is 0.960. The first-order chi connectivity index (χ1) is 32.0. The molecule has 1 aliphatic carbocycles. The molecule has 12 heteroatoms. The maximum absolute atomic E-state index is 14.6. The van der Waals surface area contributed by atoms with Crippen LogP contribution in [0.25, 0.3) is 11.1 Å². The Morgan fingerprint density at radius 2 is 1.55 bits per heavy atom. The van der Waals surface area contributed by atoms with E-state index in [9.17, 15) is 24.8 Å². The van der Waals surface area contributed by atoms with E-state index in [2.05, 4.69) is 40.6 Å². The summed E-state index contributed by atoms with van der Waals surface area (Å²) in [4.78, 5) is 45.3. The van der Waals surface area contributed by atoms with E-state index in [0.29, 0.717) is 64.5 Å². The molecule has 1 saturated carbocycles. The molecule has 0 spiro atoms. The topological polar surface area (TPSA) is 132 Å². The number of anilines is 1. The van der Waals surface area contributed by atoms with Crippen LogP contribution in [-0.2, 0) is 45.8 Å². The zero-order valence-corrected chi connectivity index (χ0v) is 37.9. The van der Waals surface area contributed by atoms with Crippen LogP contribution in [0.2, 0.25) is 10.0 Å². The molecule has 6 aromatic rings. The van der Waals surface area contributed by atoms with Crippen molar-refractivity contribution >= 4 is 46.7 Å². The van der Waals surface area contributed by atoms with Gasteiger partial charge in [-0.25, -0.2) is 4.79 Å². The number of likely N-dealkylation sites (N-methyl/N-ethyl adjacent to an activating group) is 1. The molecule has 0 radical (unpaired) electrons. The summed E-state index contributed by atoms with van der Waals surface area (Å²) in [6, 6.07) is 42.2. The van der Waals surface area contributed by atoms with E-state index in [1.54, 1.807) is 36.2 Å². The predicted molar refractivity (Wildman–Crippen MR) is 255 cm³/mol. The van der Waals surface area contributed by atoms with E-state index in [1.807, 2.05) is 84.9 Å². The second-order valence-corrected chi connectivity index (χ2v) is 18.4. The summed E-state index contributed by atoms with van der Waals surface area (Å²) in [6.07, 6.45) is 3.64. The molecule has 3 atom stereocenters. The minimum absolute atomic E-state index is 0.0966. The van der Waals surface area contributed by atoms with E-state index in [1.165, 1.54) is 5.56 Å². The van der Waals surface area contributed by atoms with Crippen molar-refractivity contribution in [3.63, 3.8) is 0 Å². The smallest absolute Gasteiger partial charge is 0.326 e. The standard InChI is InChI=1S/C54H48Cl2N4O6/c1-59-47-27-40-28-48(51(61)58-46(53(63)64)26-34-9-14-37(15-10-34)38-16-11-35(30-57)12-17-38)60(33-54(23-5-6-24-54)42-7-3-2-4-8-42)31-41(40)29-49(47)66-50(52(59)62)39-18-20-43(21-19-39)65-32-36-13-22-44(55)45(56)25-36/h2-4,7-22,25,27,29,46,48,50H,5-6,23-24,26,28,31-33H2,1H3,(H,58,61)(H,63,64)/t46-,48-,50?/m0/s1. The number of carbonyl (C=O) groups excluding carboxylic acids is 2. The van der Waals surface area contributed by atoms with E-state index < -0.39 is 24.2 Å². The van der Waals surface area contributed by atoms with Crippen LogP contribution in [0.1, 0.15) is 70.7 Å². The second-order valence-electron chi connectivity index (χ2n) is 17.6. The van der Waals surface area contributed by atoms with Gasteiger partial charge in [0.1, 0.15) is 24.1 Å². The quantitative estimate of drug-likeness (QED) is 0.117. The summed E-state index contributed by atoms with van der Waals surface area (Å²) < 4.78 is 12.5. The first kappa shape index (κ1) is 44.6. The molecule has 9 rings (SSSR count). The molecule has 0 saturated heterocycles. The van der Waals surface area contributed by atoms with Gasteiger partial charge in [-0.15, -0.1) is 0 Å². The lowest BCUT2D eigenvalue weighted by Crippen LogP contribution is -2.56. The maximum Gasteiger partial charge on any atom is 0.326 e. The zero-order chi connectivity index (χ0) is 46.0. The van der Waals surface area contributed by atoms with E-state index >= 15 is 0 Å². The minimum atomic E-state index is -1.17. The van der Waals surface area contributed by atoms with Gasteiger partial charge < -0.3 is 24.8 Å². The van der Waals surface area contributed by atoms with Crippen molar-refractivity contribution in [2.75, 3.05) is 18.5 Å². The van der Waals surface area contributed by atoms with Crippen molar-refractivity contribution in [2.45, 2.75) is 75.3 Å².